The van der Waals surface area contributed by atoms with Gasteiger partial charge in [0, 0.05) is 17.9 Å². The van der Waals surface area contributed by atoms with Crippen LogP contribution in [0.1, 0.15) is 60.4 Å². The summed E-state index contributed by atoms with van der Waals surface area (Å²) in [7, 11) is 0. The van der Waals surface area contributed by atoms with Gasteiger partial charge in [0.1, 0.15) is 0 Å². The third-order valence-corrected chi connectivity index (χ3v) is 4.99. The summed E-state index contributed by atoms with van der Waals surface area (Å²) in [4.78, 5) is 4.69. The highest BCUT2D eigenvalue weighted by molar-refractivity contribution is 5.31. The van der Waals surface area contributed by atoms with Gasteiger partial charge in [0.25, 0.3) is 0 Å². The maximum atomic E-state index is 5.98. The van der Waals surface area contributed by atoms with Crippen LogP contribution in [0.3, 0.4) is 0 Å². The number of aryl methyl sites for hydroxylation is 1. The lowest BCUT2D eigenvalue weighted by atomic mass is 9.83. The van der Waals surface area contributed by atoms with E-state index in [1.807, 2.05) is 0 Å². The molecule has 4 nitrogen and oxygen atoms in total. The number of hydrogen-bond acceptors (Lipinski definition) is 4. The largest absolute Gasteiger partial charge is 0.339 e. The first kappa shape index (κ1) is 13.0. The Labute approximate surface area is 124 Å². The van der Waals surface area contributed by atoms with E-state index in [1.165, 1.54) is 11.1 Å². The summed E-state index contributed by atoms with van der Waals surface area (Å²) in [5, 5.41) is 4.26. The van der Waals surface area contributed by atoms with Gasteiger partial charge >= 0.3 is 0 Å². The lowest BCUT2D eigenvalue weighted by molar-refractivity contribution is 0.345. The van der Waals surface area contributed by atoms with Crippen molar-refractivity contribution in [2.75, 3.05) is 0 Å². The Kier molecular flexibility index (Phi) is 3.26. The molecule has 1 aromatic heterocycles. The highest BCUT2D eigenvalue weighted by Gasteiger charge is 2.30. The van der Waals surface area contributed by atoms with Crippen molar-refractivity contribution in [1.82, 2.24) is 10.1 Å². The molecule has 1 fully saturated rings. The van der Waals surface area contributed by atoms with Crippen molar-refractivity contribution >= 4 is 0 Å². The first-order valence-electron chi connectivity index (χ1n) is 7.95. The Morgan fingerprint density at radius 3 is 2.71 bits per heavy atom. The lowest BCUT2D eigenvalue weighted by Crippen LogP contribution is -2.15. The highest BCUT2D eigenvalue weighted by atomic mass is 16.5. The van der Waals surface area contributed by atoms with Gasteiger partial charge in [-0.2, -0.15) is 4.98 Å². The van der Waals surface area contributed by atoms with Crippen molar-refractivity contribution in [3.05, 3.63) is 47.1 Å². The molecule has 0 radical (unpaired) electrons. The predicted octanol–water partition coefficient (Wildman–Crippen LogP) is 2.94. The summed E-state index contributed by atoms with van der Waals surface area (Å²) in [6.07, 6.45) is 6.38. The number of hydrogen-bond donors (Lipinski definition) is 1. The van der Waals surface area contributed by atoms with Crippen LogP contribution >= 0.6 is 0 Å². The van der Waals surface area contributed by atoms with Crippen LogP contribution in [0.25, 0.3) is 0 Å². The number of rotatable bonds is 2. The van der Waals surface area contributed by atoms with E-state index >= 15 is 0 Å². The molecule has 110 valence electrons. The summed E-state index contributed by atoms with van der Waals surface area (Å²) < 4.78 is 5.52. The molecule has 0 saturated heterocycles. The zero-order chi connectivity index (χ0) is 14.2. The molecule has 1 unspecified atom stereocenters. The Morgan fingerprint density at radius 1 is 1.05 bits per heavy atom. The average Bonchev–Trinajstić information content (AvgIpc) is 3.15. The number of aromatic nitrogens is 2. The van der Waals surface area contributed by atoms with Crippen LogP contribution in [0, 0.1) is 0 Å². The van der Waals surface area contributed by atoms with Crippen molar-refractivity contribution in [2.24, 2.45) is 5.73 Å². The second-order valence-corrected chi connectivity index (χ2v) is 6.47. The molecule has 0 aliphatic heterocycles. The van der Waals surface area contributed by atoms with E-state index in [0.29, 0.717) is 17.9 Å². The molecule has 0 amide bonds. The van der Waals surface area contributed by atoms with Crippen molar-refractivity contribution < 1.29 is 4.52 Å². The van der Waals surface area contributed by atoms with Gasteiger partial charge in [0.15, 0.2) is 5.82 Å². The number of benzene rings is 1. The van der Waals surface area contributed by atoms with Gasteiger partial charge in [-0.25, -0.2) is 0 Å². The van der Waals surface area contributed by atoms with Crippen LogP contribution in [-0.4, -0.2) is 16.2 Å². The molecular formula is C17H21N3O. The first-order chi connectivity index (χ1) is 10.3. The third-order valence-electron chi connectivity index (χ3n) is 4.99. The fourth-order valence-electron chi connectivity index (χ4n) is 3.74. The number of nitrogens with zero attached hydrogens (tertiary/aromatic N) is 2. The summed E-state index contributed by atoms with van der Waals surface area (Å²) in [6.45, 7) is 0. The summed E-state index contributed by atoms with van der Waals surface area (Å²) in [5.41, 5.74) is 8.88. The van der Waals surface area contributed by atoms with Gasteiger partial charge in [0.2, 0.25) is 5.89 Å². The zero-order valence-electron chi connectivity index (χ0n) is 12.2. The number of nitrogens with two attached hydrogens (primary N) is 1. The average molecular weight is 283 g/mol. The summed E-state index contributed by atoms with van der Waals surface area (Å²) >= 11 is 0. The Morgan fingerprint density at radius 2 is 1.90 bits per heavy atom. The maximum Gasteiger partial charge on any atom is 0.229 e. The summed E-state index contributed by atoms with van der Waals surface area (Å²) in [6, 6.07) is 8.98. The molecule has 2 aliphatic rings. The molecule has 3 atom stereocenters. The minimum absolute atomic E-state index is 0.298. The monoisotopic (exact) mass is 283 g/mol. The standard InChI is InChI=1S/C17H21N3O/c18-15-8-7-14(10-15)17-19-16(20-21-17)13-6-5-11-3-1-2-4-12(11)9-13/h1-4,13-15H,5-10,18H2/t13?,14-,15+/m1/s1. The molecule has 2 aliphatic carbocycles. The van der Waals surface area contributed by atoms with E-state index in [0.717, 1.165) is 50.2 Å². The molecule has 1 aromatic carbocycles. The van der Waals surface area contributed by atoms with Crippen LogP contribution in [0.2, 0.25) is 0 Å². The molecule has 4 rings (SSSR count). The molecule has 21 heavy (non-hydrogen) atoms. The third kappa shape index (κ3) is 2.48. The molecule has 2 aromatic rings. The van der Waals surface area contributed by atoms with Gasteiger partial charge in [0.05, 0.1) is 0 Å². The van der Waals surface area contributed by atoms with Crippen LogP contribution in [-0.2, 0) is 12.8 Å². The van der Waals surface area contributed by atoms with Gasteiger partial charge < -0.3 is 10.3 Å². The lowest BCUT2D eigenvalue weighted by Gasteiger charge is -2.21. The van der Waals surface area contributed by atoms with Crippen molar-refractivity contribution in [2.45, 2.75) is 56.4 Å². The fourth-order valence-corrected chi connectivity index (χ4v) is 3.74. The smallest absolute Gasteiger partial charge is 0.229 e. The summed E-state index contributed by atoms with van der Waals surface area (Å²) in [5.74, 6) is 2.46. The van der Waals surface area contributed by atoms with Crippen LogP contribution in [0.15, 0.2) is 28.8 Å². The topological polar surface area (TPSA) is 64.9 Å². The first-order valence-corrected chi connectivity index (χ1v) is 7.95. The van der Waals surface area contributed by atoms with Gasteiger partial charge in [-0.05, 0) is 49.7 Å². The Balaban J connectivity index is 1.52. The SMILES string of the molecule is N[C@H]1CC[C@@H](c2nc(C3CCc4ccccc4C3)no2)C1. The van der Waals surface area contributed by atoms with Gasteiger partial charge in [-0.3, -0.25) is 0 Å². The maximum absolute atomic E-state index is 5.98. The molecule has 4 heteroatoms. The van der Waals surface area contributed by atoms with E-state index < -0.39 is 0 Å². The second-order valence-electron chi connectivity index (χ2n) is 6.47. The van der Waals surface area contributed by atoms with E-state index in [9.17, 15) is 0 Å². The molecule has 1 saturated carbocycles. The van der Waals surface area contributed by atoms with Crippen molar-refractivity contribution in [3.63, 3.8) is 0 Å². The predicted molar refractivity (Wildman–Crippen MR) is 80.1 cm³/mol. The van der Waals surface area contributed by atoms with Crippen LogP contribution in [0.4, 0.5) is 0 Å². The Bertz CT molecular complexity index is 636. The van der Waals surface area contributed by atoms with E-state index in [-0.39, 0.29) is 0 Å². The molecule has 1 heterocycles. The van der Waals surface area contributed by atoms with Crippen molar-refractivity contribution in [3.8, 4) is 0 Å². The zero-order valence-corrected chi connectivity index (χ0v) is 12.2. The molecule has 0 bridgehead atoms. The molecular weight excluding hydrogens is 262 g/mol. The molecule has 0 spiro atoms. The normalized spacial score (nSPS) is 28.5. The molecule has 2 N–H and O–H groups in total. The van der Waals surface area contributed by atoms with Gasteiger partial charge in [-0.15, -0.1) is 0 Å². The highest BCUT2D eigenvalue weighted by Crippen LogP contribution is 2.35. The van der Waals surface area contributed by atoms with Crippen LogP contribution in [0.5, 0.6) is 0 Å². The van der Waals surface area contributed by atoms with E-state index in [2.05, 4.69) is 34.4 Å². The van der Waals surface area contributed by atoms with Crippen LogP contribution < -0.4 is 5.73 Å². The Hall–Kier alpha value is -1.68. The fraction of sp³-hybridized carbons (Fsp3) is 0.529. The van der Waals surface area contributed by atoms with Crippen molar-refractivity contribution in [1.29, 1.82) is 0 Å². The quantitative estimate of drug-likeness (QED) is 0.920. The van der Waals surface area contributed by atoms with Gasteiger partial charge in [-0.1, -0.05) is 29.4 Å². The minimum atomic E-state index is 0.298. The van der Waals surface area contributed by atoms with E-state index in [4.69, 9.17) is 10.3 Å². The minimum Gasteiger partial charge on any atom is -0.339 e. The van der Waals surface area contributed by atoms with E-state index in [1.54, 1.807) is 0 Å². The number of fused-ring (bicyclic) bond motifs is 1. The second kappa shape index (κ2) is 5.26.